The predicted molar refractivity (Wildman–Crippen MR) is 90.2 cm³/mol. The number of benzene rings is 2. The lowest BCUT2D eigenvalue weighted by atomic mass is 10.1. The van der Waals surface area contributed by atoms with E-state index in [0.29, 0.717) is 10.6 Å². The van der Waals surface area contributed by atoms with Gasteiger partial charge < -0.3 is 0 Å². The van der Waals surface area contributed by atoms with Gasteiger partial charge in [0.2, 0.25) is 0 Å². The molecule has 0 saturated heterocycles. The van der Waals surface area contributed by atoms with Crippen LogP contribution in [0.4, 0.5) is 0 Å². The van der Waals surface area contributed by atoms with E-state index in [1.807, 2.05) is 48.5 Å². The highest BCUT2D eigenvalue weighted by molar-refractivity contribution is 9.10. The third-order valence-electron chi connectivity index (χ3n) is 3.18. The fraction of sp³-hybridized carbons (Fsp3) is 0. The Labute approximate surface area is 135 Å². The Balaban J connectivity index is 2.28. The molecule has 0 spiro atoms. The molecule has 3 aromatic rings. The van der Waals surface area contributed by atoms with E-state index < -0.39 is 0 Å². The van der Waals surface area contributed by atoms with Gasteiger partial charge in [0.15, 0.2) is 0 Å². The summed E-state index contributed by atoms with van der Waals surface area (Å²) < 4.78 is 2.43. The molecular formula is C17H11BrClNO. The van der Waals surface area contributed by atoms with Crippen LogP contribution in [0.2, 0.25) is 5.02 Å². The summed E-state index contributed by atoms with van der Waals surface area (Å²) in [6.45, 7) is 0. The van der Waals surface area contributed by atoms with Crippen LogP contribution in [0.25, 0.3) is 16.8 Å². The average Bonchev–Trinajstić information content (AvgIpc) is 2.51. The zero-order chi connectivity index (χ0) is 14.8. The second-order valence-corrected chi connectivity index (χ2v) is 5.89. The molecule has 1 aromatic heterocycles. The monoisotopic (exact) mass is 359 g/mol. The molecule has 0 aliphatic heterocycles. The number of hydrogen-bond acceptors (Lipinski definition) is 1. The van der Waals surface area contributed by atoms with Gasteiger partial charge in [0.05, 0.1) is 5.56 Å². The lowest BCUT2D eigenvalue weighted by molar-refractivity contribution is 0.987. The van der Waals surface area contributed by atoms with Crippen LogP contribution in [-0.4, -0.2) is 4.57 Å². The van der Waals surface area contributed by atoms with Crippen molar-refractivity contribution in [2.24, 2.45) is 0 Å². The first kappa shape index (κ1) is 14.1. The van der Waals surface area contributed by atoms with Gasteiger partial charge in [-0.25, -0.2) is 0 Å². The summed E-state index contributed by atoms with van der Waals surface area (Å²) in [4.78, 5) is 12.8. The summed E-state index contributed by atoms with van der Waals surface area (Å²) in [6.07, 6.45) is 1.76. The van der Waals surface area contributed by atoms with Crippen molar-refractivity contribution in [3.05, 3.63) is 86.7 Å². The molecular weight excluding hydrogens is 350 g/mol. The molecule has 1 heterocycles. The molecule has 2 nitrogen and oxygen atoms in total. The van der Waals surface area contributed by atoms with E-state index in [1.54, 1.807) is 22.9 Å². The van der Waals surface area contributed by atoms with Crippen molar-refractivity contribution in [3.63, 3.8) is 0 Å². The highest BCUT2D eigenvalue weighted by atomic mass is 79.9. The summed E-state index contributed by atoms with van der Waals surface area (Å²) in [5.41, 5.74) is 2.02. The largest absolute Gasteiger partial charge is 0.283 e. The number of hydrogen-bond donors (Lipinski definition) is 0. The van der Waals surface area contributed by atoms with Gasteiger partial charge in [-0.1, -0.05) is 48.0 Å². The number of rotatable bonds is 2. The Morgan fingerprint density at radius 3 is 2.29 bits per heavy atom. The van der Waals surface area contributed by atoms with Crippen molar-refractivity contribution < 1.29 is 0 Å². The smallest absolute Gasteiger partial charge is 0.263 e. The van der Waals surface area contributed by atoms with Crippen LogP contribution in [0, 0.1) is 0 Å². The average molecular weight is 361 g/mol. The van der Waals surface area contributed by atoms with Gasteiger partial charge in [0.1, 0.15) is 0 Å². The van der Waals surface area contributed by atoms with E-state index in [0.717, 1.165) is 15.7 Å². The molecule has 104 valence electrons. The molecule has 0 fully saturated rings. The molecule has 0 radical (unpaired) electrons. The SMILES string of the molecule is O=c1c(-c2ccccc2Cl)cc(Br)cn1-c1ccccc1. The normalized spacial score (nSPS) is 10.6. The second kappa shape index (κ2) is 5.88. The molecule has 4 heteroatoms. The number of nitrogens with zero attached hydrogens (tertiary/aromatic N) is 1. The van der Waals surface area contributed by atoms with Crippen LogP contribution in [-0.2, 0) is 0 Å². The minimum atomic E-state index is -0.0995. The zero-order valence-electron chi connectivity index (χ0n) is 11.0. The summed E-state index contributed by atoms with van der Waals surface area (Å²) >= 11 is 9.68. The first-order valence-electron chi connectivity index (χ1n) is 6.39. The van der Waals surface area contributed by atoms with Gasteiger partial charge in [0.25, 0.3) is 5.56 Å². The molecule has 2 aromatic carbocycles. The highest BCUT2D eigenvalue weighted by Crippen LogP contribution is 2.27. The molecule has 0 aliphatic rings. The Kier molecular flexibility index (Phi) is 3.95. The maximum absolute atomic E-state index is 12.8. The lowest BCUT2D eigenvalue weighted by Crippen LogP contribution is -2.19. The number of pyridine rings is 1. The van der Waals surface area contributed by atoms with Crippen LogP contribution in [0.5, 0.6) is 0 Å². The van der Waals surface area contributed by atoms with Gasteiger partial charge in [-0.15, -0.1) is 0 Å². The minimum Gasteiger partial charge on any atom is -0.283 e. The predicted octanol–water partition coefficient (Wildman–Crippen LogP) is 4.92. The highest BCUT2D eigenvalue weighted by Gasteiger charge is 2.11. The fourth-order valence-electron chi connectivity index (χ4n) is 2.20. The Morgan fingerprint density at radius 1 is 0.905 bits per heavy atom. The van der Waals surface area contributed by atoms with Gasteiger partial charge in [-0.2, -0.15) is 0 Å². The van der Waals surface area contributed by atoms with Gasteiger partial charge in [-0.3, -0.25) is 9.36 Å². The standard InChI is InChI=1S/C17H11BrClNO/c18-12-10-15(14-8-4-5-9-16(14)19)17(21)20(11-12)13-6-2-1-3-7-13/h1-11H. The fourth-order valence-corrected chi connectivity index (χ4v) is 2.87. The van der Waals surface area contributed by atoms with E-state index in [-0.39, 0.29) is 5.56 Å². The quantitative estimate of drug-likeness (QED) is 0.636. The van der Waals surface area contributed by atoms with Crippen molar-refractivity contribution in [2.45, 2.75) is 0 Å². The number of aromatic nitrogens is 1. The third kappa shape index (κ3) is 2.80. The second-order valence-electron chi connectivity index (χ2n) is 4.56. The van der Waals surface area contributed by atoms with Crippen LogP contribution in [0.1, 0.15) is 0 Å². The molecule has 0 atom stereocenters. The Bertz CT molecular complexity index is 843. The van der Waals surface area contributed by atoms with Crippen LogP contribution < -0.4 is 5.56 Å². The van der Waals surface area contributed by atoms with E-state index >= 15 is 0 Å². The first-order chi connectivity index (χ1) is 10.2. The van der Waals surface area contributed by atoms with Crippen LogP contribution in [0.15, 0.2) is 76.1 Å². The van der Waals surface area contributed by atoms with Gasteiger partial charge >= 0.3 is 0 Å². The molecule has 21 heavy (non-hydrogen) atoms. The molecule has 0 aliphatic carbocycles. The molecule has 3 rings (SSSR count). The van der Waals surface area contributed by atoms with Crippen molar-refractivity contribution in [1.82, 2.24) is 4.57 Å². The van der Waals surface area contributed by atoms with Crippen LogP contribution >= 0.6 is 27.5 Å². The molecule has 0 bridgehead atoms. The summed E-state index contributed by atoms with van der Waals surface area (Å²) in [5, 5.41) is 0.562. The first-order valence-corrected chi connectivity index (χ1v) is 7.56. The van der Waals surface area contributed by atoms with Crippen molar-refractivity contribution in [2.75, 3.05) is 0 Å². The lowest BCUT2D eigenvalue weighted by Gasteiger charge is -2.10. The van der Waals surface area contributed by atoms with Crippen LogP contribution in [0.3, 0.4) is 0 Å². The van der Waals surface area contributed by atoms with Crippen molar-refractivity contribution in [1.29, 1.82) is 0 Å². The Morgan fingerprint density at radius 2 is 1.57 bits per heavy atom. The summed E-state index contributed by atoms with van der Waals surface area (Å²) in [6, 6.07) is 18.6. The van der Waals surface area contributed by atoms with E-state index in [9.17, 15) is 4.79 Å². The maximum Gasteiger partial charge on any atom is 0.263 e. The summed E-state index contributed by atoms with van der Waals surface area (Å²) in [5.74, 6) is 0. The third-order valence-corrected chi connectivity index (χ3v) is 3.95. The van der Waals surface area contributed by atoms with E-state index in [2.05, 4.69) is 15.9 Å². The molecule has 0 N–H and O–H groups in total. The van der Waals surface area contributed by atoms with Gasteiger partial charge in [0, 0.05) is 26.9 Å². The maximum atomic E-state index is 12.8. The zero-order valence-corrected chi connectivity index (χ0v) is 13.3. The molecule has 0 saturated carbocycles. The molecule has 0 unspecified atom stereocenters. The van der Waals surface area contributed by atoms with E-state index in [4.69, 9.17) is 11.6 Å². The minimum absolute atomic E-state index is 0.0995. The van der Waals surface area contributed by atoms with Crippen molar-refractivity contribution >= 4 is 27.5 Å². The summed E-state index contributed by atoms with van der Waals surface area (Å²) in [7, 11) is 0. The topological polar surface area (TPSA) is 22.0 Å². The number of halogens is 2. The van der Waals surface area contributed by atoms with E-state index in [1.165, 1.54) is 0 Å². The Hall–Kier alpha value is -1.84. The van der Waals surface area contributed by atoms with Crippen molar-refractivity contribution in [3.8, 4) is 16.8 Å². The number of para-hydroxylation sites is 1. The molecule has 0 amide bonds. The van der Waals surface area contributed by atoms with Gasteiger partial charge in [-0.05, 0) is 40.2 Å².